The molecule has 12 nitrogen and oxygen atoms in total. The molecule has 0 bridgehead atoms. The van der Waals surface area contributed by atoms with Crippen molar-refractivity contribution in [3.63, 3.8) is 0 Å². The number of nitrogens with one attached hydrogen (secondary N) is 4. The standard InChI is InChI=1S/C27H29ClN6O6/c28-18-5-15(4-17(8-18)27(14-29)2-1-3-27)22(10-24(38)39)34-23(37)13-30-25(40)16-6-19(9-20(35)7-16)33-26-31-11-21(36)12-32-26/h4-9,21-22,35-36H,1-3,10-13H2,(H,30,40)(H,34,37)(H,38,39)(H2,31,32,33). The van der Waals surface area contributed by atoms with E-state index in [4.69, 9.17) is 11.6 Å². The van der Waals surface area contributed by atoms with E-state index < -0.39 is 48.3 Å². The maximum Gasteiger partial charge on any atom is 0.305 e. The Balaban J connectivity index is 1.42. The van der Waals surface area contributed by atoms with Gasteiger partial charge >= 0.3 is 5.97 Å². The van der Waals surface area contributed by atoms with Gasteiger partial charge in [-0.1, -0.05) is 17.7 Å². The van der Waals surface area contributed by atoms with E-state index in [1.807, 2.05) is 0 Å². The van der Waals surface area contributed by atoms with Crippen LogP contribution in [0.1, 0.15) is 53.2 Å². The van der Waals surface area contributed by atoms with Crippen molar-refractivity contribution in [2.45, 2.75) is 43.2 Å². The number of anilines is 1. The molecule has 1 aliphatic heterocycles. The average molecular weight is 569 g/mol. The fourth-order valence-corrected chi connectivity index (χ4v) is 4.83. The van der Waals surface area contributed by atoms with Gasteiger partial charge in [-0.15, -0.1) is 0 Å². The van der Waals surface area contributed by atoms with E-state index in [1.165, 1.54) is 18.2 Å². The molecule has 2 aromatic carbocycles. The van der Waals surface area contributed by atoms with E-state index in [0.717, 1.165) is 6.42 Å². The van der Waals surface area contributed by atoms with Gasteiger partial charge < -0.3 is 36.6 Å². The Morgan fingerprint density at radius 3 is 2.60 bits per heavy atom. The number of amides is 2. The van der Waals surface area contributed by atoms with E-state index in [0.29, 0.717) is 47.2 Å². The zero-order valence-corrected chi connectivity index (χ0v) is 22.2. The number of phenols is 1. The van der Waals surface area contributed by atoms with Crippen molar-refractivity contribution < 1.29 is 29.7 Å². The van der Waals surface area contributed by atoms with Crippen molar-refractivity contribution in [1.29, 1.82) is 5.26 Å². The average Bonchev–Trinajstić information content (AvgIpc) is 2.87. The highest BCUT2D eigenvalue weighted by Gasteiger charge is 2.39. The van der Waals surface area contributed by atoms with Crippen LogP contribution in [0, 0.1) is 11.3 Å². The highest BCUT2D eigenvalue weighted by Crippen LogP contribution is 2.44. The fourth-order valence-electron chi connectivity index (χ4n) is 4.59. The Morgan fingerprint density at radius 1 is 1.20 bits per heavy atom. The Morgan fingerprint density at radius 2 is 1.98 bits per heavy atom. The Labute approximate surface area is 235 Å². The van der Waals surface area contributed by atoms with Gasteiger partial charge in [0.05, 0.1) is 43.1 Å². The van der Waals surface area contributed by atoms with Crippen molar-refractivity contribution in [2.75, 3.05) is 25.0 Å². The lowest BCUT2D eigenvalue weighted by Crippen LogP contribution is -2.42. The predicted molar refractivity (Wildman–Crippen MR) is 146 cm³/mol. The number of aliphatic imine (C=N–C) groups is 1. The first-order valence-corrected chi connectivity index (χ1v) is 13.0. The van der Waals surface area contributed by atoms with E-state index in [9.17, 15) is 35.0 Å². The monoisotopic (exact) mass is 568 g/mol. The molecule has 0 aromatic heterocycles. The molecule has 2 unspecified atom stereocenters. The molecule has 13 heteroatoms. The third kappa shape index (κ3) is 6.99. The van der Waals surface area contributed by atoms with E-state index in [2.05, 4.69) is 32.3 Å². The predicted octanol–water partition coefficient (Wildman–Crippen LogP) is 1.78. The number of phenolic OH excluding ortho intramolecular Hbond substituents is 1. The number of benzene rings is 2. The number of halogens is 1. The van der Waals surface area contributed by atoms with Crippen LogP contribution >= 0.6 is 11.6 Å². The second kappa shape index (κ2) is 12.2. The number of β-amino-alcohol motifs (C(OH)–C–C–N with tert-alkyl or cyclic N) is 1. The third-order valence-corrected chi connectivity index (χ3v) is 7.05. The van der Waals surface area contributed by atoms with Gasteiger partial charge in [0.25, 0.3) is 5.91 Å². The van der Waals surface area contributed by atoms with Crippen molar-refractivity contribution in [3.8, 4) is 11.8 Å². The number of hydrogen-bond acceptors (Lipinski definition) is 9. The number of aliphatic hydroxyl groups excluding tert-OH is 1. The molecule has 210 valence electrons. The van der Waals surface area contributed by atoms with Crippen LogP contribution in [0.4, 0.5) is 5.69 Å². The first kappa shape index (κ1) is 28.7. The lowest BCUT2D eigenvalue weighted by Gasteiger charge is -2.36. The molecule has 0 spiro atoms. The minimum atomic E-state index is -1.15. The summed E-state index contributed by atoms with van der Waals surface area (Å²) in [6, 6.07) is 10.4. The normalized spacial score (nSPS) is 18.1. The molecular formula is C27H29ClN6O6. The van der Waals surface area contributed by atoms with Crippen molar-refractivity contribution in [2.24, 2.45) is 4.99 Å². The molecule has 40 heavy (non-hydrogen) atoms. The molecule has 1 aliphatic carbocycles. The highest BCUT2D eigenvalue weighted by atomic mass is 35.5. The first-order chi connectivity index (χ1) is 19.1. The number of nitrogens with zero attached hydrogens (tertiary/aromatic N) is 2. The number of carboxylic acids is 1. The van der Waals surface area contributed by atoms with Crippen LogP contribution in [-0.4, -0.2) is 64.8 Å². The van der Waals surface area contributed by atoms with Gasteiger partial charge in [-0.2, -0.15) is 5.26 Å². The van der Waals surface area contributed by atoms with Gasteiger partial charge in [0, 0.05) is 28.9 Å². The van der Waals surface area contributed by atoms with Crippen LogP contribution in [0.15, 0.2) is 41.4 Å². The number of carbonyl (C=O) groups excluding carboxylic acids is 2. The van der Waals surface area contributed by atoms with Crippen LogP contribution in [0.2, 0.25) is 5.02 Å². The summed E-state index contributed by atoms with van der Waals surface area (Å²) in [5, 5.41) is 50.0. The smallest absolute Gasteiger partial charge is 0.305 e. The van der Waals surface area contributed by atoms with Gasteiger partial charge in [0.2, 0.25) is 5.91 Å². The Kier molecular flexibility index (Phi) is 8.77. The minimum Gasteiger partial charge on any atom is -0.508 e. The summed E-state index contributed by atoms with van der Waals surface area (Å²) in [7, 11) is 0. The summed E-state index contributed by atoms with van der Waals surface area (Å²) < 4.78 is 0. The van der Waals surface area contributed by atoms with Crippen LogP contribution in [0.3, 0.4) is 0 Å². The molecule has 2 aromatic rings. The summed E-state index contributed by atoms with van der Waals surface area (Å²) in [6.45, 7) is 0.0376. The van der Waals surface area contributed by atoms with E-state index in [1.54, 1.807) is 18.2 Å². The van der Waals surface area contributed by atoms with E-state index in [-0.39, 0.29) is 17.9 Å². The Bertz CT molecular complexity index is 1390. The number of aliphatic carboxylic acids is 1. The maximum absolute atomic E-state index is 12.7. The summed E-state index contributed by atoms with van der Waals surface area (Å²) in [5.41, 5.74) is 0.871. The summed E-state index contributed by atoms with van der Waals surface area (Å²) >= 11 is 6.30. The molecule has 1 fully saturated rings. The molecule has 1 saturated carbocycles. The lowest BCUT2D eigenvalue weighted by atomic mass is 9.65. The second-order valence-electron chi connectivity index (χ2n) is 9.84. The third-order valence-electron chi connectivity index (χ3n) is 6.83. The zero-order valence-electron chi connectivity index (χ0n) is 21.4. The number of guanidine groups is 1. The Hall–Kier alpha value is -4.34. The molecule has 0 saturated heterocycles. The van der Waals surface area contributed by atoms with Crippen molar-refractivity contribution in [3.05, 3.63) is 58.1 Å². The number of rotatable bonds is 9. The number of nitriles is 1. The molecular weight excluding hydrogens is 540 g/mol. The second-order valence-corrected chi connectivity index (χ2v) is 10.3. The first-order valence-electron chi connectivity index (χ1n) is 12.7. The van der Waals surface area contributed by atoms with Crippen LogP contribution in [-0.2, 0) is 15.0 Å². The summed E-state index contributed by atoms with van der Waals surface area (Å²) in [4.78, 5) is 41.2. The van der Waals surface area contributed by atoms with Crippen molar-refractivity contribution >= 4 is 41.0 Å². The fraction of sp³-hybridized carbons (Fsp3) is 0.370. The molecule has 0 radical (unpaired) electrons. The molecule has 7 N–H and O–H groups in total. The number of carboxylic acid groups (broad SMARTS) is 1. The quantitative estimate of drug-likeness (QED) is 0.236. The van der Waals surface area contributed by atoms with Gasteiger partial charge in [0.15, 0.2) is 5.96 Å². The van der Waals surface area contributed by atoms with Gasteiger partial charge in [-0.25, -0.2) is 0 Å². The number of aromatic hydroxyl groups is 1. The molecule has 1 heterocycles. The molecule has 2 aliphatic rings. The van der Waals surface area contributed by atoms with Crippen LogP contribution in [0.5, 0.6) is 5.75 Å². The largest absolute Gasteiger partial charge is 0.508 e. The van der Waals surface area contributed by atoms with Gasteiger partial charge in [-0.3, -0.25) is 19.4 Å². The number of hydrogen-bond donors (Lipinski definition) is 7. The summed E-state index contributed by atoms with van der Waals surface area (Å²) in [5.74, 6) is -2.27. The minimum absolute atomic E-state index is 0.0654. The van der Waals surface area contributed by atoms with Gasteiger partial charge in [-0.05, 0) is 54.7 Å². The zero-order chi connectivity index (χ0) is 28.9. The lowest BCUT2D eigenvalue weighted by molar-refractivity contribution is -0.137. The van der Waals surface area contributed by atoms with Crippen LogP contribution in [0.25, 0.3) is 0 Å². The topological polar surface area (TPSA) is 196 Å². The SMILES string of the molecule is N#CC1(c2cc(Cl)cc(C(CC(=O)O)NC(=O)CNC(=O)c3cc(O)cc(NC4=NCC(O)CN4)c3)c2)CCC1. The summed E-state index contributed by atoms with van der Waals surface area (Å²) in [6.07, 6.45) is 1.21. The molecule has 2 amide bonds. The molecule has 4 rings (SSSR count). The molecule has 2 atom stereocenters. The maximum atomic E-state index is 12.7. The number of carbonyl (C=O) groups is 3. The number of aliphatic hydroxyl groups is 1. The van der Waals surface area contributed by atoms with E-state index >= 15 is 0 Å². The van der Waals surface area contributed by atoms with Gasteiger partial charge in [0.1, 0.15) is 5.75 Å². The van der Waals surface area contributed by atoms with Crippen molar-refractivity contribution in [1.82, 2.24) is 16.0 Å². The highest BCUT2D eigenvalue weighted by molar-refractivity contribution is 6.30. The van der Waals surface area contributed by atoms with Crippen LogP contribution < -0.4 is 21.3 Å².